The van der Waals surface area contributed by atoms with Crippen molar-refractivity contribution in [3.63, 3.8) is 0 Å². The molecule has 6 aromatic carbocycles. The quantitative estimate of drug-likeness (QED) is 0.0376. The first-order valence-corrected chi connectivity index (χ1v) is 21.9. The van der Waals surface area contributed by atoms with E-state index in [2.05, 4.69) is 30.9 Å². The van der Waals surface area contributed by atoms with Crippen LogP contribution >= 0.6 is 0 Å². The van der Waals surface area contributed by atoms with Crippen LogP contribution in [0.3, 0.4) is 0 Å². The topological polar surface area (TPSA) is 122 Å². The Morgan fingerprint density at radius 1 is 0.627 bits per heavy atom. The standard InChI is InChI=1S/C21H24NO3.C17H18O3.C16H17NO.C2H7N.CH4/c1-4-20(23)25-15-14-22(2,3)16-17-10-12-19(13-11-17)21(24)18-8-6-5-7-9-18;1-2-15(18)12-20-16-10-8-14(9-11-16)17(19)13-6-4-3-5-7-13;1-17(2)12-13-8-10-15(11-9-13)16(18)14-6-4-3-5-7-14;1-3-2;/h4-13H,1,14-16H2,2-3H3;3-11,15,18H,2,12H2,1H3;3-11H,12H2,1-2H3;3H,1-2H3;1H4/q+1;;;;. The molecule has 0 aliphatic rings. The number of nitrogens with zero attached hydrogens (tertiary/aromatic N) is 2. The number of aliphatic hydroxyl groups is 1. The summed E-state index contributed by atoms with van der Waals surface area (Å²) in [7, 11) is 12.0. The molecule has 0 saturated heterocycles. The summed E-state index contributed by atoms with van der Waals surface area (Å²) in [4.78, 5) is 50.0. The maximum Gasteiger partial charge on any atom is 0.330 e. The van der Waals surface area contributed by atoms with Gasteiger partial charge < -0.3 is 29.3 Å². The van der Waals surface area contributed by atoms with Gasteiger partial charge in [-0.25, -0.2) is 4.79 Å². The number of quaternary nitrogens is 1. The van der Waals surface area contributed by atoms with Crippen molar-refractivity contribution >= 4 is 23.3 Å². The van der Waals surface area contributed by atoms with Crippen molar-refractivity contribution in [1.29, 1.82) is 0 Å². The van der Waals surface area contributed by atoms with Crippen LogP contribution in [0.5, 0.6) is 5.75 Å². The average molecular weight is 909 g/mol. The maximum absolute atomic E-state index is 12.4. The highest BCUT2D eigenvalue weighted by Gasteiger charge is 2.18. The summed E-state index contributed by atoms with van der Waals surface area (Å²) in [5, 5.41) is 12.2. The summed E-state index contributed by atoms with van der Waals surface area (Å²) in [5.41, 5.74) is 6.48. The lowest BCUT2D eigenvalue weighted by Crippen LogP contribution is -2.41. The highest BCUT2D eigenvalue weighted by atomic mass is 16.5. The molecule has 0 aliphatic heterocycles. The van der Waals surface area contributed by atoms with Crippen molar-refractivity contribution in [1.82, 2.24) is 10.2 Å². The number of nitrogens with one attached hydrogen (secondary N) is 1. The van der Waals surface area contributed by atoms with E-state index in [0.717, 1.165) is 29.8 Å². The predicted octanol–water partition coefficient (Wildman–Crippen LogP) is 9.74. The first-order chi connectivity index (χ1) is 31.7. The van der Waals surface area contributed by atoms with Crippen molar-refractivity contribution in [2.24, 2.45) is 0 Å². The molecule has 1 atom stereocenters. The Labute approximate surface area is 399 Å². The number of benzene rings is 6. The van der Waals surface area contributed by atoms with E-state index in [9.17, 15) is 24.3 Å². The second-order valence-corrected chi connectivity index (χ2v) is 16.3. The molecule has 0 radical (unpaired) electrons. The van der Waals surface area contributed by atoms with Gasteiger partial charge in [0.05, 0.1) is 20.2 Å². The fourth-order valence-electron chi connectivity index (χ4n) is 6.20. The molecule has 0 amide bonds. The van der Waals surface area contributed by atoms with Gasteiger partial charge >= 0.3 is 5.97 Å². The number of hydrogen-bond acceptors (Lipinski definition) is 9. The molecule has 10 nitrogen and oxygen atoms in total. The van der Waals surface area contributed by atoms with Crippen molar-refractivity contribution in [3.8, 4) is 5.75 Å². The Balaban J connectivity index is 0.000000337. The highest BCUT2D eigenvalue weighted by molar-refractivity contribution is 6.10. The molecule has 0 bridgehead atoms. The summed E-state index contributed by atoms with van der Waals surface area (Å²) >= 11 is 0. The molecule has 0 spiro atoms. The molecule has 2 N–H and O–H groups in total. The summed E-state index contributed by atoms with van der Waals surface area (Å²) < 4.78 is 11.2. The van der Waals surface area contributed by atoms with Crippen LogP contribution < -0.4 is 10.1 Å². The van der Waals surface area contributed by atoms with E-state index < -0.39 is 12.1 Å². The number of rotatable bonds is 18. The first-order valence-electron chi connectivity index (χ1n) is 21.9. The van der Waals surface area contributed by atoms with Crippen LogP contribution in [-0.2, 0) is 22.6 Å². The maximum atomic E-state index is 12.4. The molecular weight excluding hydrogens is 839 g/mol. The molecule has 10 heteroatoms. The number of hydrogen-bond donors (Lipinski definition) is 2. The van der Waals surface area contributed by atoms with Crippen LogP contribution in [0.4, 0.5) is 0 Å². The number of aliphatic hydroxyl groups excluding tert-OH is 1. The largest absolute Gasteiger partial charge is 0.491 e. The van der Waals surface area contributed by atoms with Crippen LogP contribution in [0.15, 0.2) is 176 Å². The molecule has 0 heterocycles. The molecule has 0 aliphatic carbocycles. The van der Waals surface area contributed by atoms with Crippen molar-refractivity contribution in [2.45, 2.75) is 40.0 Å². The lowest BCUT2D eigenvalue weighted by Gasteiger charge is -2.29. The number of carbonyl (C=O) groups is 4. The Bertz CT molecular complexity index is 2350. The fourth-order valence-corrected chi connectivity index (χ4v) is 6.20. The zero-order chi connectivity index (χ0) is 48.3. The van der Waals surface area contributed by atoms with Crippen LogP contribution in [0.2, 0.25) is 0 Å². The molecule has 1 unspecified atom stereocenters. The molecule has 6 rings (SSSR count). The summed E-state index contributed by atoms with van der Waals surface area (Å²) in [5.74, 6) is 0.348. The summed E-state index contributed by atoms with van der Waals surface area (Å²) in [6.45, 7) is 8.27. The minimum atomic E-state index is -0.458. The number of carbonyl (C=O) groups excluding carboxylic acids is 4. The van der Waals surface area contributed by atoms with E-state index in [1.807, 2.05) is 163 Å². The number of ether oxygens (including phenoxy) is 2. The third-order valence-electron chi connectivity index (χ3n) is 9.79. The lowest BCUT2D eigenvalue weighted by atomic mass is 10.0. The highest BCUT2D eigenvalue weighted by Crippen LogP contribution is 2.17. The zero-order valence-corrected chi connectivity index (χ0v) is 39.5. The monoisotopic (exact) mass is 909 g/mol. The van der Waals surface area contributed by atoms with Gasteiger partial charge in [0.25, 0.3) is 0 Å². The van der Waals surface area contributed by atoms with Crippen LogP contribution in [0.1, 0.15) is 79.7 Å². The SMILES string of the molecule is C.C=CC(=O)OCC[N+](C)(C)Cc1ccc(C(=O)c2ccccc2)cc1.CCC(O)COc1ccc(C(=O)c2ccccc2)cc1.CN(C)Cc1ccc(C(=O)c2ccccc2)cc1.CNC. The van der Waals surface area contributed by atoms with E-state index in [-0.39, 0.29) is 31.4 Å². The van der Waals surface area contributed by atoms with Gasteiger partial charge in [-0.05, 0) is 64.4 Å². The zero-order valence-electron chi connectivity index (χ0n) is 39.5. The summed E-state index contributed by atoms with van der Waals surface area (Å²) in [6.07, 6.45) is 1.37. The van der Waals surface area contributed by atoms with E-state index in [1.165, 1.54) is 11.6 Å². The van der Waals surface area contributed by atoms with Gasteiger partial charge in [0.2, 0.25) is 0 Å². The van der Waals surface area contributed by atoms with Gasteiger partial charge in [0.1, 0.15) is 32.1 Å². The molecule has 0 fully saturated rings. The second kappa shape index (κ2) is 30.4. The predicted molar refractivity (Wildman–Crippen MR) is 272 cm³/mol. The Kier molecular flexibility index (Phi) is 25.5. The third kappa shape index (κ3) is 20.9. The molecule has 354 valence electrons. The van der Waals surface area contributed by atoms with Crippen molar-refractivity contribution < 1.29 is 38.2 Å². The molecule has 67 heavy (non-hydrogen) atoms. The van der Waals surface area contributed by atoms with Crippen molar-refractivity contribution in [3.05, 3.63) is 221 Å². The van der Waals surface area contributed by atoms with Crippen LogP contribution in [0, 0.1) is 0 Å². The fraction of sp³-hybridized carbons (Fsp3) is 0.263. The van der Waals surface area contributed by atoms with Gasteiger partial charge in [-0.15, -0.1) is 0 Å². The smallest absolute Gasteiger partial charge is 0.330 e. The number of likely N-dealkylation sites (N-methyl/N-ethyl adjacent to an activating group) is 1. The first kappa shape index (κ1) is 56.3. The van der Waals surface area contributed by atoms with E-state index >= 15 is 0 Å². The Morgan fingerprint density at radius 3 is 1.34 bits per heavy atom. The Morgan fingerprint density at radius 2 is 0.985 bits per heavy atom. The van der Waals surface area contributed by atoms with E-state index in [0.29, 0.717) is 52.1 Å². The molecular formula is C57H70N3O7+. The number of esters is 1. The van der Waals surface area contributed by atoms with E-state index in [1.54, 1.807) is 36.4 Å². The summed E-state index contributed by atoms with van der Waals surface area (Å²) in [6, 6.07) is 50.3. The van der Waals surface area contributed by atoms with E-state index in [4.69, 9.17) is 9.47 Å². The normalized spacial score (nSPS) is 10.8. The Hall–Kier alpha value is -6.82. The van der Waals surface area contributed by atoms with Gasteiger partial charge in [-0.1, -0.05) is 160 Å². The van der Waals surface area contributed by atoms with Crippen LogP contribution in [0.25, 0.3) is 0 Å². The molecule has 0 saturated carbocycles. The van der Waals surface area contributed by atoms with Crippen molar-refractivity contribution in [2.75, 3.05) is 62.0 Å². The third-order valence-corrected chi connectivity index (χ3v) is 9.79. The average Bonchev–Trinajstić information content (AvgIpc) is 3.34. The second-order valence-electron chi connectivity index (χ2n) is 16.3. The van der Waals surface area contributed by atoms with Gasteiger partial charge in [-0.3, -0.25) is 14.4 Å². The number of ketones is 3. The van der Waals surface area contributed by atoms with Gasteiger partial charge in [-0.2, -0.15) is 0 Å². The lowest BCUT2D eigenvalue weighted by molar-refractivity contribution is -0.903. The van der Waals surface area contributed by atoms with Gasteiger partial charge in [0, 0.05) is 51.6 Å². The van der Waals surface area contributed by atoms with Gasteiger partial charge in [0.15, 0.2) is 17.3 Å². The molecule has 0 aromatic heterocycles. The van der Waals surface area contributed by atoms with Crippen LogP contribution in [-0.4, -0.2) is 106 Å². The minimum absolute atomic E-state index is 0. The molecule has 6 aromatic rings. The minimum Gasteiger partial charge on any atom is -0.491 e.